The molecule has 0 bridgehead atoms. The van der Waals surface area contributed by atoms with Gasteiger partial charge in [0.2, 0.25) is 5.91 Å². The highest BCUT2D eigenvalue weighted by Gasteiger charge is 2.32. The molecule has 8 nitrogen and oxygen atoms in total. The molecule has 1 aliphatic rings. The number of nitrogens with zero attached hydrogens (tertiary/aromatic N) is 2. The number of aliphatic hydroxyl groups excluding tert-OH is 1. The van der Waals surface area contributed by atoms with Crippen molar-refractivity contribution >= 4 is 28.4 Å². The number of nitrogens with one attached hydrogen (secondary N) is 2. The molecule has 2 heterocycles. The molecule has 35 heavy (non-hydrogen) atoms. The van der Waals surface area contributed by atoms with Gasteiger partial charge in [0.25, 0.3) is 5.91 Å². The van der Waals surface area contributed by atoms with Crippen LogP contribution in [0.2, 0.25) is 0 Å². The summed E-state index contributed by atoms with van der Waals surface area (Å²) >= 11 is 0. The molecule has 0 saturated carbocycles. The van der Waals surface area contributed by atoms with Crippen LogP contribution in [-0.4, -0.2) is 65.3 Å². The minimum absolute atomic E-state index is 0.0635. The first-order valence-corrected chi connectivity index (χ1v) is 12.0. The van der Waals surface area contributed by atoms with Gasteiger partial charge in [0, 0.05) is 48.8 Å². The van der Waals surface area contributed by atoms with E-state index in [1.165, 1.54) is 0 Å². The quantitative estimate of drug-likeness (QED) is 0.485. The molecule has 3 atom stereocenters. The van der Waals surface area contributed by atoms with Crippen LogP contribution in [0.15, 0.2) is 48.7 Å². The summed E-state index contributed by atoms with van der Waals surface area (Å²) in [6.07, 6.45) is 2.05. The summed E-state index contributed by atoms with van der Waals surface area (Å²) in [5.74, 6) is 0.154. The van der Waals surface area contributed by atoms with Gasteiger partial charge in [-0.2, -0.15) is 0 Å². The molecule has 186 valence electrons. The Kier molecular flexibility index (Phi) is 7.42. The largest absolute Gasteiger partial charge is 0.488 e. The highest BCUT2D eigenvalue weighted by Crippen LogP contribution is 2.30. The third kappa shape index (κ3) is 5.18. The van der Waals surface area contributed by atoms with Gasteiger partial charge in [0.1, 0.15) is 11.9 Å². The van der Waals surface area contributed by atoms with Crippen LogP contribution < -0.4 is 15.4 Å². The van der Waals surface area contributed by atoms with Crippen molar-refractivity contribution in [1.29, 1.82) is 0 Å². The number of likely N-dealkylation sites (N-methyl/N-ethyl adjacent to an activating group) is 1. The normalized spacial score (nSPS) is 19.0. The average Bonchev–Trinajstić information content (AvgIpc) is 3.16. The number of benzene rings is 2. The number of ether oxygens (including phenoxy) is 1. The van der Waals surface area contributed by atoms with Crippen LogP contribution in [0.5, 0.6) is 5.75 Å². The van der Waals surface area contributed by atoms with Gasteiger partial charge in [-0.3, -0.25) is 9.59 Å². The van der Waals surface area contributed by atoms with Crippen molar-refractivity contribution in [3.05, 3.63) is 59.8 Å². The number of amides is 2. The lowest BCUT2D eigenvalue weighted by molar-refractivity contribution is -0.115. The maximum atomic E-state index is 13.5. The number of carbonyl (C=O) groups is 2. The lowest BCUT2D eigenvalue weighted by atomic mass is 9.99. The summed E-state index contributed by atoms with van der Waals surface area (Å²) < 4.78 is 8.25. The van der Waals surface area contributed by atoms with Crippen LogP contribution in [0.25, 0.3) is 10.9 Å². The molecule has 0 spiro atoms. The summed E-state index contributed by atoms with van der Waals surface area (Å²) in [6, 6.07) is 12.8. The molecule has 4 rings (SSSR count). The summed E-state index contributed by atoms with van der Waals surface area (Å²) in [5, 5.41) is 16.9. The number of aryl methyl sites for hydroxylation is 1. The number of hydrogen-bond donors (Lipinski definition) is 3. The fraction of sp³-hybridized carbons (Fsp3) is 0.407. The number of anilines is 1. The van der Waals surface area contributed by atoms with Crippen LogP contribution in [0.4, 0.5) is 5.69 Å². The van der Waals surface area contributed by atoms with E-state index in [4.69, 9.17) is 4.74 Å². The first-order chi connectivity index (χ1) is 16.8. The second kappa shape index (κ2) is 10.5. The van der Waals surface area contributed by atoms with E-state index in [-0.39, 0.29) is 42.9 Å². The molecule has 0 aliphatic carbocycles. The molecule has 0 fully saturated rings. The molecule has 0 saturated heterocycles. The molecule has 2 amide bonds. The van der Waals surface area contributed by atoms with Crippen molar-refractivity contribution in [2.45, 2.75) is 32.4 Å². The van der Waals surface area contributed by atoms with Crippen LogP contribution in [0.1, 0.15) is 29.8 Å². The summed E-state index contributed by atoms with van der Waals surface area (Å²) in [4.78, 5) is 28.1. The first kappa shape index (κ1) is 24.8. The monoisotopic (exact) mass is 478 g/mol. The van der Waals surface area contributed by atoms with Crippen molar-refractivity contribution < 1.29 is 19.4 Å². The topological polar surface area (TPSA) is 95.8 Å². The zero-order valence-electron chi connectivity index (χ0n) is 20.7. The molecule has 1 aromatic heterocycles. The van der Waals surface area contributed by atoms with Gasteiger partial charge < -0.3 is 29.9 Å². The maximum absolute atomic E-state index is 13.5. The minimum atomic E-state index is -0.337. The van der Waals surface area contributed by atoms with E-state index in [9.17, 15) is 14.7 Å². The second-order valence-corrected chi connectivity index (χ2v) is 9.40. The first-order valence-electron chi connectivity index (χ1n) is 12.0. The number of carbonyl (C=O) groups excluding carboxylic acids is 2. The van der Waals surface area contributed by atoms with Gasteiger partial charge in [-0.1, -0.05) is 25.1 Å². The Morgan fingerprint density at radius 1 is 1.26 bits per heavy atom. The average molecular weight is 479 g/mol. The van der Waals surface area contributed by atoms with Gasteiger partial charge in [-0.25, -0.2) is 0 Å². The van der Waals surface area contributed by atoms with Crippen molar-refractivity contribution in [3.8, 4) is 5.75 Å². The Hall–Kier alpha value is -3.36. The van der Waals surface area contributed by atoms with Gasteiger partial charge in [-0.05, 0) is 43.8 Å². The van der Waals surface area contributed by atoms with E-state index in [0.29, 0.717) is 30.1 Å². The number of rotatable bonds is 7. The Morgan fingerprint density at radius 2 is 2.03 bits per heavy atom. The van der Waals surface area contributed by atoms with E-state index in [1.54, 1.807) is 23.1 Å². The standard InChI is InChI=1S/C27H34N4O4/c1-17-14-31(18(2)16-32)27(34)22-12-20(9-10-24(22)35-25(17)13-28-3)29-26(33)11-19-15-30(4)23-8-6-5-7-21(19)23/h5-10,12,15,17-18,25,28,32H,11,13-14,16H2,1-4H3,(H,29,33)/t17-,18+,25-/m0/s1. The predicted octanol–water partition coefficient (Wildman–Crippen LogP) is 2.80. The number of para-hydroxylation sites is 1. The van der Waals surface area contributed by atoms with E-state index >= 15 is 0 Å². The third-order valence-electron chi connectivity index (χ3n) is 6.68. The van der Waals surface area contributed by atoms with Crippen LogP contribution in [0.3, 0.4) is 0 Å². The van der Waals surface area contributed by atoms with E-state index in [2.05, 4.69) is 10.6 Å². The van der Waals surface area contributed by atoms with Crippen molar-refractivity contribution in [2.24, 2.45) is 13.0 Å². The SMILES string of the molecule is CNC[C@@H]1Oc2ccc(NC(=O)Cc3cn(C)c4ccccc34)cc2C(=O)N([C@H](C)CO)C[C@@H]1C. The Balaban J connectivity index is 1.60. The smallest absolute Gasteiger partial charge is 0.258 e. The summed E-state index contributed by atoms with van der Waals surface area (Å²) in [7, 11) is 3.83. The molecule has 0 radical (unpaired) electrons. The molecule has 3 N–H and O–H groups in total. The zero-order valence-corrected chi connectivity index (χ0v) is 20.7. The van der Waals surface area contributed by atoms with Gasteiger partial charge >= 0.3 is 0 Å². The summed E-state index contributed by atoms with van der Waals surface area (Å²) in [5.41, 5.74) is 2.92. The van der Waals surface area contributed by atoms with E-state index in [0.717, 1.165) is 16.5 Å². The Bertz CT molecular complexity index is 1220. The third-order valence-corrected chi connectivity index (χ3v) is 6.68. The zero-order chi connectivity index (χ0) is 25.1. The lowest BCUT2D eigenvalue weighted by Gasteiger charge is -2.37. The van der Waals surface area contributed by atoms with E-state index < -0.39 is 0 Å². The highest BCUT2D eigenvalue weighted by molar-refractivity contribution is 6.00. The van der Waals surface area contributed by atoms with Crippen LogP contribution >= 0.6 is 0 Å². The lowest BCUT2D eigenvalue weighted by Crippen LogP contribution is -2.49. The second-order valence-electron chi connectivity index (χ2n) is 9.40. The molecule has 2 aromatic carbocycles. The molecule has 8 heteroatoms. The summed E-state index contributed by atoms with van der Waals surface area (Å²) in [6.45, 7) is 4.82. The predicted molar refractivity (Wildman–Crippen MR) is 137 cm³/mol. The van der Waals surface area contributed by atoms with E-state index in [1.807, 2.05) is 63.0 Å². The fourth-order valence-corrected chi connectivity index (χ4v) is 4.69. The molecular weight excluding hydrogens is 444 g/mol. The minimum Gasteiger partial charge on any atom is -0.488 e. The van der Waals surface area contributed by atoms with Crippen molar-refractivity contribution in [2.75, 3.05) is 32.1 Å². The van der Waals surface area contributed by atoms with Gasteiger partial charge in [0.05, 0.1) is 24.6 Å². The fourth-order valence-electron chi connectivity index (χ4n) is 4.69. The Morgan fingerprint density at radius 3 is 2.77 bits per heavy atom. The molecule has 1 aliphatic heterocycles. The van der Waals surface area contributed by atoms with Gasteiger partial charge in [0.15, 0.2) is 0 Å². The highest BCUT2D eigenvalue weighted by atomic mass is 16.5. The number of fused-ring (bicyclic) bond motifs is 2. The van der Waals surface area contributed by atoms with Crippen molar-refractivity contribution in [3.63, 3.8) is 0 Å². The van der Waals surface area contributed by atoms with Crippen LogP contribution in [-0.2, 0) is 18.3 Å². The number of aliphatic hydroxyl groups is 1. The number of aromatic nitrogens is 1. The molecule has 0 unspecified atom stereocenters. The Labute approximate surface area is 205 Å². The molecule has 3 aromatic rings. The van der Waals surface area contributed by atoms with Crippen LogP contribution in [0, 0.1) is 5.92 Å². The van der Waals surface area contributed by atoms with Gasteiger partial charge in [-0.15, -0.1) is 0 Å². The maximum Gasteiger partial charge on any atom is 0.258 e. The van der Waals surface area contributed by atoms with Crippen molar-refractivity contribution in [1.82, 2.24) is 14.8 Å². The molecular formula is C27H34N4O4. The number of hydrogen-bond acceptors (Lipinski definition) is 5.